The molecular weight excluding hydrogens is 304 g/mol. The minimum Gasteiger partial charge on any atom is -0.395 e. The molecule has 2 aliphatic carbocycles. The number of hydrogen-bond donors (Lipinski definition) is 2. The summed E-state index contributed by atoms with van der Waals surface area (Å²) < 4.78 is 0. The zero-order valence-electron chi connectivity index (χ0n) is 14.0. The Balaban J connectivity index is 1.54. The third kappa shape index (κ3) is 4.15. The highest BCUT2D eigenvalue weighted by molar-refractivity contribution is 5.94. The summed E-state index contributed by atoms with van der Waals surface area (Å²) in [6, 6.07) is 7.70. The van der Waals surface area contributed by atoms with Crippen molar-refractivity contribution in [3.8, 4) is 0 Å². The summed E-state index contributed by atoms with van der Waals surface area (Å²) in [4.78, 5) is 26.3. The van der Waals surface area contributed by atoms with Crippen molar-refractivity contribution in [2.75, 3.05) is 13.2 Å². The van der Waals surface area contributed by atoms with Crippen molar-refractivity contribution in [1.29, 1.82) is 0 Å². The molecule has 0 aromatic heterocycles. The molecule has 0 heterocycles. The lowest BCUT2D eigenvalue weighted by atomic mass is 10.1. The van der Waals surface area contributed by atoms with Crippen molar-refractivity contribution in [1.82, 2.24) is 10.2 Å². The van der Waals surface area contributed by atoms with Crippen LogP contribution >= 0.6 is 0 Å². The lowest BCUT2D eigenvalue weighted by Crippen LogP contribution is -2.35. The van der Waals surface area contributed by atoms with Crippen LogP contribution in [0.15, 0.2) is 24.3 Å². The molecule has 2 aliphatic rings. The highest BCUT2D eigenvalue weighted by Crippen LogP contribution is 2.28. The van der Waals surface area contributed by atoms with Crippen LogP contribution in [0.2, 0.25) is 0 Å². The lowest BCUT2D eigenvalue weighted by molar-refractivity contribution is -0.124. The number of nitrogens with zero attached hydrogens (tertiary/aromatic N) is 1. The van der Waals surface area contributed by atoms with Crippen LogP contribution in [0.25, 0.3) is 0 Å². The van der Waals surface area contributed by atoms with Crippen molar-refractivity contribution in [3.05, 3.63) is 35.4 Å². The van der Waals surface area contributed by atoms with E-state index in [9.17, 15) is 9.59 Å². The van der Waals surface area contributed by atoms with Crippen molar-refractivity contribution >= 4 is 11.8 Å². The molecule has 130 valence electrons. The Kier molecular flexibility index (Phi) is 5.51. The van der Waals surface area contributed by atoms with E-state index in [0.29, 0.717) is 18.7 Å². The van der Waals surface area contributed by atoms with Crippen molar-refractivity contribution in [2.24, 2.45) is 5.92 Å². The van der Waals surface area contributed by atoms with Crippen LogP contribution in [0.3, 0.4) is 0 Å². The molecule has 0 aliphatic heterocycles. The number of nitrogens with one attached hydrogen (secondary N) is 1. The number of rotatable bonds is 7. The van der Waals surface area contributed by atoms with Crippen LogP contribution < -0.4 is 5.32 Å². The molecule has 0 atom stereocenters. The third-order valence-corrected chi connectivity index (χ3v) is 4.98. The van der Waals surface area contributed by atoms with Gasteiger partial charge in [0.2, 0.25) is 5.91 Å². The Hall–Kier alpha value is -1.88. The summed E-state index contributed by atoms with van der Waals surface area (Å²) in [7, 11) is 0. The maximum Gasteiger partial charge on any atom is 0.254 e. The second-order valence-corrected chi connectivity index (χ2v) is 6.85. The standard InChI is InChI=1S/C19H26N2O3/c22-12-11-21(17-9-10-17)19(24)16-7-5-14(6-8-16)13-20-18(23)15-3-1-2-4-15/h5-8,15,17,22H,1-4,9-13H2,(H,20,23). The van der Waals surface area contributed by atoms with E-state index < -0.39 is 0 Å². The molecule has 0 radical (unpaired) electrons. The molecule has 5 nitrogen and oxygen atoms in total. The maximum atomic E-state index is 12.5. The Morgan fingerprint density at radius 1 is 1.08 bits per heavy atom. The molecule has 0 unspecified atom stereocenters. The van der Waals surface area contributed by atoms with E-state index in [2.05, 4.69) is 5.32 Å². The van der Waals surface area contributed by atoms with Gasteiger partial charge in [-0.25, -0.2) is 0 Å². The highest BCUT2D eigenvalue weighted by atomic mass is 16.3. The minimum atomic E-state index is -0.0203. The van der Waals surface area contributed by atoms with Gasteiger partial charge in [0.1, 0.15) is 0 Å². The Bertz CT molecular complexity index is 575. The van der Waals surface area contributed by atoms with Crippen molar-refractivity contribution < 1.29 is 14.7 Å². The third-order valence-electron chi connectivity index (χ3n) is 4.98. The second kappa shape index (κ2) is 7.79. The summed E-state index contributed by atoms with van der Waals surface area (Å²) in [6.07, 6.45) is 6.36. The van der Waals surface area contributed by atoms with Crippen LogP contribution in [0.4, 0.5) is 0 Å². The average molecular weight is 330 g/mol. The largest absolute Gasteiger partial charge is 0.395 e. The first-order chi connectivity index (χ1) is 11.7. The Labute approximate surface area is 143 Å². The molecule has 0 bridgehead atoms. The monoisotopic (exact) mass is 330 g/mol. The van der Waals surface area contributed by atoms with Gasteiger partial charge in [-0.05, 0) is 43.4 Å². The van der Waals surface area contributed by atoms with Crippen LogP contribution in [0, 0.1) is 5.92 Å². The molecule has 2 fully saturated rings. The smallest absolute Gasteiger partial charge is 0.254 e. The van der Waals surface area contributed by atoms with Gasteiger partial charge in [0.25, 0.3) is 5.91 Å². The Morgan fingerprint density at radius 3 is 2.33 bits per heavy atom. The maximum absolute atomic E-state index is 12.5. The first kappa shape index (κ1) is 17.0. The number of carbonyl (C=O) groups is 2. The van der Waals surface area contributed by atoms with Crippen LogP contribution in [-0.2, 0) is 11.3 Å². The Morgan fingerprint density at radius 2 is 1.75 bits per heavy atom. The second-order valence-electron chi connectivity index (χ2n) is 6.85. The van der Waals surface area contributed by atoms with E-state index in [0.717, 1.165) is 44.1 Å². The van der Waals surface area contributed by atoms with Gasteiger partial charge in [0, 0.05) is 30.6 Å². The molecular formula is C19H26N2O3. The molecule has 2 N–H and O–H groups in total. The predicted octanol–water partition coefficient (Wildman–Crippen LogP) is 2.09. The van der Waals surface area contributed by atoms with Crippen LogP contribution in [0.5, 0.6) is 0 Å². The molecule has 0 spiro atoms. The number of amides is 2. The topological polar surface area (TPSA) is 69.6 Å². The number of carbonyl (C=O) groups excluding carboxylic acids is 2. The van der Waals surface area contributed by atoms with Gasteiger partial charge in [0.15, 0.2) is 0 Å². The summed E-state index contributed by atoms with van der Waals surface area (Å²) in [5.74, 6) is 0.306. The number of hydrogen-bond acceptors (Lipinski definition) is 3. The molecule has 1 aromatic rings. The highest BCUT2D eigenvalue weighted by Gasteiger charge is 2.32. The average Bonchev–Trinajstić information content (AvgIpc) is 3.30. The van der Waals surface area contributed by atoms with E-state index in [4.69, 9.17) is 5.11 Å². The predicted molar refractivity (Wildman–Crippen MR) is 91.4 cm³/mol. The molecule has 2 saturated carbocycles. The first-order valence-electron chi connectivity index (χ1n) is 8.97. The summed E-state index contributed by atoms with van der Waals surface area (Å²) in [5, 5.41) is 12.1. The van der Waals surface area contributed by atoms with E-state index in [-0.39, 0.29) is 30.4 Å². The van der Waals surface area contributed by atoms with E-state index >= 15 is 0 Å². The van der Waals surface area contributed by atoms with E-state index in [1.807, 2.05) is 24.3 Å². The number of benzene rings is 1. The molecule has 2 amide bonds. The van der Waals surface area contributed by atoms with Gasteiger partial charge in [-0.15, -0.1) is 0 Å². The summed E-state index contributed by atoms with van der Waals surface area (Å²) in [5.41, 5.74) is 1.64. The van der Waals surface area contributed by atoms with Gasteiger partial charge in [0.05, 0.1) is 6.61 Å². The van der Waals surface area contributed by atoms with Gasteiger partial charge in [-0.1, -0.05) is 25.0 Å². The molecule has 0 saturated heterocycles. The summed E-state index contributed by atoms with van der Waals surface area (Å²) >= 11 is 0. The molecule has 5 heteroatoms. The van der Waals surface area contributed by atoms with Gasteiger partial charge >= 0.3 is 0 Å². The number of aliphatic hydroxyl groups excluding tert-OH is 1. The molecule has 1 aromatic carbocycles. The molecule has 3 rings (SSSR count). The van der Waals surface area contributed by atoms with E-state index in [1.54, 1.807) is 4.90 Å². The van der Waals surface area contributed by atoms with E-state index in [1.165, 1.54) is 0 Å². The van der Waals surface area contributed by atoms with Crippen LogP contribution in [0.1, 0.15) is 54.4 Å². The first-order valence-corrected chi connectivity index (χ1v) is 8.97. The normalized spacial score (nSPS) is 17.7. The zero-order chi connectivity index (χ0) is 16.9. The van der Waals surface area contributed by atoms with Gasteiger partial charge < -0.3 is 15.3 Å². The van der Waals surface area contributed by atoms with Crippen molar-refractivity contribution in [3.63, 3.8) is 0 Å². The SMILES string of the molecule is O=C(NCc1ccc(C(=O)N(CCO)C2CC2)cc1)C1CCCC1. The van der Waals surface area contributed by atoms with Crippen molar-refractivity contribution in [2.45, 2.75) is 51.1 Å². The lowest BCUT2D eigenvalue weighted by Gasteiger charge is -2.21. The minimum absolute atomic E-state index is 0.00643. The number of aliphatic hydroxyl groups is 1. The fraction of sp³-hybridized carbons (Fsp3) is 0.579. The van der Waals surface area contributed by atoms with Gasteiger partial charge in [-0.2, -0.15) is 0 Å². The quantitative estimate of drug-likeness (QED) is 0.804. The summed E-state index contributed by atoms with van der Waals surface area (Å²) in [6.45, 7) is 0.892. The van der Waals surface area contributed by atoms with Crippen LogP contribution in [-0.4, -0.2) is 41.0 Å². The zero-order valence-corrected chi connectivity index (χ0v) is 14.0. The fourth-order valence-corrected chi connectivity index (χ4v) is 3.40. The van der Waals surface area contributed by atoms with Gasteiger partial charge in [-0.3, -0.25) is 9.59 Å². The molecule has 24 heavy (non-hydrogen) atoms. The fourth-order valence-electron chi connectivity index (χ4n) is 3.40.